The van der Waals surface area contributed by atoms with Crippen molar-refractivity contribution in [3.05, 3.63) is 60.1 Å². The summed E-state index contributed by atoms with van der Waals surface area (Å²) in [5.41, 5.74) is 3.61. The molecule has 0 aromatic carbocycles. The highest BCUT2D eigenvalue weighted by Crippen LogP contribution is 2.49. The van der Waals surface area contributed by atoms with E-state index < -0.39 is 24.2 Å². The Bertz CT molecular complexity index is 1140. The second-order valence-electron chi connectivity index (χ2n) is 7.45. The zero-order chi connectivity index (χ0) is 22.8. The van der Waals surface area contributed by atoms with Crippen molar-refractivity contribution < 1.29 is 18.8 Å². The van der Waals surface area contributed by atoms with Gasteiger partial charge in [-0.15, -0.1) is 0 Å². The lowest BCUT2D eigenvalue weighted by molar-refractivity contribution is -0.119. The lowest BCUT2D eigenvalue weighted by Crippen LogP contribution is -2.18. The number of halogens is 2. The molecule has 0 spiro atoms. The highest BCUT2D eigenvalue weighted by Gasteiger charge is 2.61. The summed E-state index contributed by atoms with van der Waals surface area (Å²) in [7, 11) is 0. The zero-order valence-electron chi connectivity index (χ0n) is 17.6. The van der Waals surface area contributed by atoms with E-state index in [2.05, 4.69) is 27.0 Å². The van der Waals surface area contributed by atoms with E-state index in [1.807, 2.05) is 39.0 Å². The van der Waals surface area contributed by atoms with Gasteiger partial charge in [0.15, 0.2) is 0 Å². The highest BCUT2D eigenvalue weighted by molar-refractivity contribution is 6.02. The second-order valence-corrected chi connectivity index (χ2v) is 7.45. The Morgan fingerprint density at radius 2 is 2.00 bits per heavy atom. The van der Waals surface area contributed by atoms with Crippen molar-refractivity contribution in [2.75, 3.05) is 5.32 Å². The molecule has 162 valence electrons. The number of carbonyl (C=O) groups excluding carboxylic acids is 1. The molecule has 8 heteroatoms. The zero-order valence-corrected chi connectivity index (χ0v) is 17.6. The normalized spacial score (nSPS) is 18.7. The Balaban J connectivity index is 1.83. The first-order chi connectivity index (χ1) is 14.7. The molecule has 1 fully saturated rings. The molecule has 1 amide bonds. The number of nitrogens with zero attached hydrogens (tertiary/aromatic N) is 3. The molecule has 1 saturated carbocycles. The van der Waals surface area contributed by atoms with Gasteiger partial charge in [0.25, 0.3) is 5.92 Å². The van der Waals surface area contributed by atoms with Crippen LogP contribution in [0.4, 0.5) is 14.6 Å². The minimum atomic E-state index is -2.92. The molecule has 0 saturated heterocycles. The van der Waals surface area contributed by atoms with Gasteiger partial charge in [0, 0.05) is 29.6 Å². The van der Waals surface area contributed by atoms with E-state index in [1.54, 1.807) is 18.5 Å². The molecule has 1 atom stereocenters. The lowest BCUT2D eigenvalue weighted by Gasteiger charge is -2.11. The van der Waals surface area contributed by atoms with Crippen LogP contribution in [0.3, 0.4) is 0 Å². The molecule has 2 N–H and O–H groups in total. The first-order valence-corrected chi connectivity index (χ1v) is 9.90. The van der Waals surface area contributed by atoms with Crippen LogP contribution in [-0.2, 0) is 4.79 Å². The fourth-order valence-corrected chi connectivity index (χ4v) is 3.33. The molecule has 0 bridgehead atoms. The third-order valence-electron chi connectivity index (χ3n) is 5.20. The van der Waals surface area contributed by atoms with Crippen LogP contribution in [0.1, 0.15) is 39.3 Å². The second kappa shape index (κ2) is 8.75. The summed E-state index contributed by atoms with van der Waals surface area (Å²) in [6, 6.07) is 3.47. The number of carbonyl (C=O) groups is 1. The number of hydrogen-bond donors (Lipinski definition) is 2. The Hall–Kier alpha value is -3.42. The standard InChI is InChI=1S/C23H24F2N4O2/c1-5-17(13(3)7-14(4)19(6-2)29-31)20-8-15-12-27-21(9-16(15)11-26-20)28-22(30)18-10-23(18,24)25/h5,7-9,11-12,18,31H,4,6,10H2,1-3H3,(H,27,28,30)/b13-7-,17-5+,29-19-. The fraction of sp³-hybridized carbons (Fsp3) is 0.304. The van der Waals surface area contributed by atoms with Gasteiger partial charge < -0.3 is 10.5 Å². The van der Waals surface area contributed by atoms with Gasteiger partial charge in [-0.25, -0.2) is 13.8 Å². The SMILES string of the molecule is C=C(/C=C(C)\C(=C/C)c1cc2cnc(NC(=O)C3CC3(F)F)cc2cn1)/C(CC)=N\O. The van der Waals surface area contributed by atoms with Crippen molar-refractivity contribution >= 4 is 33.8 Å². The van der Waals surface area contributed by atoms with Crippen molar-refractivity contribution in [2.45, 2.75) is 39.5 Å². The third kappa shape index (κ3) is 4.84. The number of aromatic nitrogens is 2. The molecule has 1 aliphatic carbocycles. The highest BCUT2D eigenvalue weighted by atomic mass is 19.3. The van der Waals surface area contributed by atoms with Gasteiger partial charge in [0.2, 0.25) is 5.91 Å². The predicted octanol–water partition coefficient (Wildman–Crippen LogP) is 5.37. The van der Waals surface area contributed by atoms with E-state index in [1.165, 1.54) is 0 Å². The van der Waals surface area contributed by atoms with E-state index in [0.717, 1.165) is 21.9 Å². The van der Waals surface area contributed by atoms with E-state index in [-0.39, 0.29) is 5.82 Å². The van der Waals surface area contributed by atoms with Gasteiger partial charge in [-0.05, 0) is 49.1 Å². The summed E-state index contributed by atoms with van der Waals surface area (Å²) in [4.78, 5) is 20.5. The molecule has 2 aromatic rings. The Morgan fingerprint density at radius 1 is 1.35 bits per heavy atom. The van der Waals surface area contributed by atoms with Crippen LogP contribution in [0.2, 0.25) is 0 Å². The molecular weight excluding hydrogens is 402 g/mol. The summed E-state index contributed by atoms with van der Waals surface area (Å²) < 4.78 is 26.1. The average Bonchev–Trinajstić information content (AvgIpc) is 3.38. The third-order valence-corrected chi connectivity index (χ3v) is 5.20. The van der Waals surface area contributed by atoms with Crippen LogP contribution in [0.15, 0.2) is 59.6 Å². The molecule has 6 nitrogen and oxygen atoms in total. The topological polar surface area (TPSA) is 87.5 Å². The number of oxime groups is 1. The van der Waals surface area contributed by atoms with Gasteiger partial charge in [0.05, 0.1) is 11.4 Å². The summed E-state index contributed by atoms with van der Waals surface area (Å²) in [6.45, 7) is 9.64. The number of fused-ring (bicyclic) bond motifs is 1. The number of hydrogen-bond acceptors (Lipinski definition) is 5. The molecule has 1 unspecified atom stereocenters. The molecule has 0 radical (unpaired) electrons. The van der Waals surface area contributed by atoms with E-state index >= 15 is 0 Å². The minimum absolute atomic E-state index is 0.212. The summed E-state index contributed by atoms with van der Waals surface area (Å²) in [6.07, 6.45) is 7.11. The molecule has 2 heterocycles. The number of alkyl halides is 2. The quantitative estimate of drug-likeness (QED) is 0.270. The van der Waals surface area contributed by atoms with Gasteiger partial charge in [0.1, 0.15) is 11.7 Å². The van der Waals surface area contributed by atoms with Crippen LogP contribution in [-0.4, -0.2) is 32.7 Å². The molecule has 0 aliphatic heterocycles. The molecule has 31 heavy (non-hydrogen) atoms. The number of allylic oxidation sites excluding steroid dienone is 5. The Morgan fingerprint density at radius 3 is 2.58 bits per heavy atom. The van der Waals surface area contributed by atoms with Gasteiger partial charge >= 0.3 is 0 Å². The minimum Gasteiger partial charge on any atom is -0.411 e. The van der Waals surface area contributed by atoms with Crippen LogP contribution in [0, 0.1) is 5.92 Å². The number of amides is 1. The largest absolute Gasteiger partial charge is 0.411 e. The first kappa shape index (κ1) is 22.3. The fourth-order valence-electron chi connectivity index (χ4n) is 3.33. The number of anilines is 1. The maximum absolute atomic E-state index is 13.1. The predicted molar refractivity (Wildman–Crippen MR) is 117 cm³/mol. The van der Waals surface area contributed by atoms with E-state index in [0.29, 0.717) is 23.4 Å². The first-order valence-electron chi connectivity index (χ1n) is 9.90. The number of rotatable bonds is 7. The molecule has 1 aliphatic rings. The monoisotopic (exact) mass is 426 g/mol. The van der Waals surface area contributed by atoms with Crippen molar-refractivity contribution in [3.8, 4) is 0 Å². The van der Waals surface area contributed by atoms with Crippen molar-refractivity contribution in [1.29, 1.82) is 0 Å². The lowest BCUT2D eigenvalue weighted by atomic mass is 9.98. The van der Waals surface area contributed by atoms with E-state index in [9.17, 15) is 13.6 Å². The number of nitrogens with one attached hydrogen (secondary N) is 1. The Kier molecular flexibility index (Phi) is 6.29. The maximum atomic E-state index is 13.1. The van der Waals surface area contributed by atoms with Gasteiger partial charge in [-0.2, -0.15) is 0 Å². The van der Waals surface area contributed by atoms with Crippen LogP contribution in [0.5, 0.6) is 0 Å². The molecule has 3 rings (SSSR count). The van der Waals surface area contributed by atoms with E-state index in [4.69, 9.17) is 5.21 Å². The Labute approximate surface area is 179 Å². The van der Waals surface area contributed by atoms with Crippen molar-refractivity contribution in [1.82, 2.24) is 9.97 Å². The van der Waals surface area contributed by atoms with Crippen LogP contribution in [0.25, 0.3) is 16.3 Å². The number of pyridine rings is 2. The molecular formula is C23H24F2N4O2. The van der Waals surface area contributed by atoms with Crippen molar-refractivity contribution in [2.24, 2.45) is 11.1 Å². The van der Waals surface area contributed by atoms with Crippen LogP contribution >= 0.6 is 0 Å². The van der Waals surface area contributed by atoms with Crippen LogP contribution < -0.4 is 5.32 Å². The average molecular weight is 426 g/mol. The smallest absolute Gasteiger partial charge is 0.260 e. The summed E-state index contributed by atoms with van der Waals surface area (Å²) in [5, 5.41) is 16.3. The summed E-state index contributed by atoms with van der Waals surface area (Å²) >= 11 is 0. The van der Waals surface area contributed by atoms with Gasteiger partial charge in [-0.3, -0.25) is 9.78 Å². The molecule has 2 aromatic heterocycles. The van der Waals surface area contributed by atoms with Crippen molar-refractivity contribution in [3.63, 3.8) is 0 Å². The van der Waals surface area contributed by atoms with Gasteiger partial charge in [-0.1, -0.05) is 30.8 Å². The summed E-state index contributed by atoms with van der Waals surface area (Å²) in [5.74, 6) is -4.71. The maximum Gasteiger partial charge on any atom is 0.260 e.